The summed E-state index contributed by atoms with van der Waals surface area (Å²) in [7, 11) is 1.61. The summed E-state index contributed by atoms with van der Waals surface area (Å²) in [4.78, 5) is 16.9. The van der Waals surface area contributed by atoms with E-state index in [1.54, 1.807) is 19.4 Å². The van der Waals surface area contributed by atoms with E-state index in [4.69, 9.17) is 4.74 Å². The van der Waals surface area contributed by atoms with E-state index >= 15 is 0 Å². The third-order valence-electron chi connectivity index (χ3n) is 3.23. The number of rotatable bonds is 3. The van der Waals surface area contributed by atoms with E-state index in [2.05, 4.69) is 4.98 Å². The van der Waals surface area contributed by atoms with Gasteiger partial charge in [-0.1, -0.05) is 30.3 Å². The standard InChI is InChI=1S/C17H13NO2/c1-20-13-7-8-16-15(11-13)14(9-10-18-16)17(19)12-5-3-2-4-6-12/h2-11H,1H3. The maximum absolute atomic E-state index is 12.6. The van der Waals surface area contributed by atoms with Gasteiger partial charge in [-0.25, -0.2) is 0 Å². The van der Waals surface area contributed by atoms with Crippen LogP contribution in [0.2, 0.25) is 0 Å². The molecule has 1 heterocycles. The minimum atomic E-state index is -0.00810. The largest absolute Gasteiger partial charge is 0.497 e. The van der Waals surface area contributed by atoms with Gasteiger partial charge in [-0.05, 0) is 24.3 Å². The highest BCUT2D eigenvalue weighted by Crippen LogP contribution is 2.24. The molecule has 20 heavy (non-hydrogen) atoms. The van der Waals surface area contributed by atoms with Gasteiger partial charge >= 0.3 is 0 Å². The average molecular weight is 263 g/mol. The van der Waals surface area contributed by atoms with Crippen molar-refractivity contribution in [2.45, 2.75) is 0 Å². The Bertz CT molecular complexity index is 766. The third kappa shape index (κ3) is 2.14. The van der Waals surface area contributed by atoms with Gasteiger partial charge in [0.15, 0.2) is 5.78 Å². The van der Waals surface area contributed by atoms with Crippen molar-refractivity contribution in [3.63, 3.8) is 0 Å². The average Bonchev–Trinajstić information content (AvgIpc) is 2.54. The van der Waals surface area contributed by atoms with Crippen LogP contribution in [0.15, 0.2) is 60.8 Å². The second-order valence-electron chi connectivity index (χ2n) is 4.44. The van der Waals surface area contributed by atoms with E-state index < -0.39 is 0 Å². The molecule has 0 fully saturated rings. The Morgan fingerprint density at radius 1 is 1.05 bits per heavy atom. The lowest BCUT2D eigenvalue weighted by Crippen LogP contribution is -2.02. The van der Waals surface area contributed by atoms with Crippen LogP contribution in [-0.4, -0.2) is 17.9 Å². The van der Waals surface area contributed by atoms with Gasteiger partial charge < -0.3 is 4.74 Å². The number of fused-ring (bicyclic) bond motifs is 1. The molecule has 0 saturated heterocycles. The molecule has 0 saturated carbocycles. The molecule has 0 spiro atoms. The number of aromatic nitrogens is 1. The Kier molecular flexibility index (Phi) is 3.17. The van der Waals surface area contributed by atoms with E-state index in [1.165, 1.54) is 0 Å². The molecule has 0 bridgehead atoms. The van der Waals surface area contributed by atoms with Crippen molar-refractivity contribution in [3.8, 4) is 5.75 Å². The van der Waals surface area contributed by atoms with Gasteiger partial charge in [-0.15, -0.1) is 0 Å². The van der Waals surface area contributed by atoms with Crippen molar-refractivity contribution in [2.24, 2.45) is 0 Å². The number of ether oxygens (including phenoxy) is 1. The summed E-state index contributed by atoms with van der Waals surface area (Å²) in [6.07, 6.45) is 1.66. The summed E-state index contributed by atoms with van der Waals surface area (Å²) >= 11 is 0. The van der Waals surface area contributed by atoms with Gasteiger partial charge in [0, 0.05) is 22.7 Å². The molecule has 0 unspecified atom stereocenters. The number of hydrogen-bond donors (Lipinski definition) is 0. The fraction of sp³-hybridized carbons (Fsp3) is 0.0588. The summed E-state index contributed by atoms with van der Waals surface area (Å²) in [5.74, 6) is 0.707. The van der Waals surface area contributed by atoms with Crippen LogP contribution in [0.25, 0.3) is 10.9 Å². The lowest BCUT2D eigenvalue weighted by molar-refractivity contribution is 0.104. The zero-order valence-corrected chi connectivity index (χ0v) is 11.0. The molecule has 0 aliphatic rings. The zero-order chi connectivity index (χ0) is 13.9. The summed E-state index contributed by atoms with van der Waals surface area (Å²) in [5, 5.41) is 0.806. The molecule has 3 aromatic rings. The number of ketones is 1. The Morgan fingerprint density at radius 2 is 1.85 bits per heavy atom. The second-order valence-corrected chi connectivity index (χ2v) is 4.44. The van der Waals surface area contributed by atoms with Crippen molar-refractivity contribution in [1.82, 2.24) is 4.98 Å². The maximum Gasteiger partial charge on any atom is 0.193 e. The van der Waals surface area contributed by atoms with Crippen LogP contribution in [-0.2, 0) is 0 Å². The zero-order valence-electron chi connectivity index (χ0n) is 11.0. The summed E-state index contributed by atoms with van der Waals surface area (Å²) < 4.78 is 5.22. The van der Waals surface area contributed by atoms with Crippen molar-refractivity contribution >= 4 is 16.7 Å². The third-order valence-corrected chi connectivity index (χ3v) is 3.23. The molecular formula is C17H13NO2. The molecule has 1 aromatic heterocycles. The van der Waals surface area contributed by atoms with Gasteiger partial charge in [-0.3, -0.25) is 9.78 Å². The van der Waals surface area contributed by atoms with Crippen LogP contribution in [0, 0.1) is 0 Å². The molecule has 98 valence electrons. The molecule has 0 radical (unpaired) electrons. The van der Waals surface area contributed by atoms with E-state index in [9.17, 15) is 4.79 Å². The van der Waals surface area contributed by atoms with Crippen LogP contribution in [0.3, 0.4) is 0 Å². The van der Waals surface area contributed by atoms with Gasteiger partial charge in [-0.2, -0.15) is 0 Å². The SMILES string of the molecule is COc1ccc2nccc(C(=O)c3ccccc3)c2c1. The summed E-state index contributed by atoms with van der Waals surface area (Å²) in [6.45, 7) is 0. The van der Waals surface area contributed by atoms with Gasteiger partial charge in [0.25, 0.3) is 0 Å². The normalized spacial score (nSPS) is 10.4. The number of nitrogens with zero attached hydrogens (tertiary/aromatic N) is 1. The molecule has 2 aromatic carbocycles. The lowest BCUT2D eigenvalue weighted by Gasteiger charge is -2.07. The van der Waals surface area contributed by atoms with Crippen LogP contribution >= 0.6 is 0 Å². The first-order valence-electron chi connectivity index (χ1n) is 6.32. The van der Waals surface area contributed by atoms with Crippen LogP contribution in [0.1, 0.15) is 15.9 Å². The van der Waals surface area contributed by atoms with Crippen molar-refractivity contribution in [2.75, 3.05) is 7.11 Å². The van der Waals surface area contributed by atoms with Crippen molar-refractivity contribution < 1.29 is 9.53 Å². The smallest absolute Gasteiger partial charge is 0.193 e. The molecule has 0 atom stereocenters. The Hall–Kier alpha value is -2.68. The minimum Gasteiger partial charge on any atom is -0.497 e. The van der Waals surface area contributed by atoms with E-state index in [1.807, 2.05) is 48.5 Å². The van der Waals surface area contributed by atoms with Crippen LogP contribution in [0.5, 0.6) is 5.75 Å². The molecule has 0 N–H and O–H groups in total. The van der Waals surface area contributed by atoms with Crippen LogP contribution in [0.4, 0.5) is 0 Å². The van der Waals surface area contributed by atoms with E-state index in [-0.39, 0.29) is 5.78 Å². The monoisotopic (exact) mass is 263 g/mol. The van der Waals surface area contributed by atoms with Gasteiger partial charge in [0.05, 0.1) is 12.6 Å². The number of carbonyl (C=O) groups excluding carboxylic acids is 1. The predicted molar refractivity (Wildman–Crippen MR) is 78.2 cm³/mol. The fourth-order valence-electron chi connectivity index (χ4n) is 2.20. The molecule has 0 amide bonds. The highest BCUT2D eigenvalue weighted by atomic mass is 16.5. The number of hydrogen-bond acceptors (Lipinski definition) is 3. The molecule has 3 nitrogen and oxygen atoms in total. The minimum absolute atomic E-state index is 0.00810. The number of methoxy groups -OCH3 is 1. The van der Waals surface area contributed by atoms with Crippen molar-refractivity contribution in [1.29, 1.82) is 0 Å². The van der Waals surface area contributed by atoms with Gasteiger partial charge in [0.1, 0.15) is 5.75 Å². The summed E-state index contributed by atoms with van der Waals surface area (Å²) in [5.41, 5.74) is 2.09. The Morgan fingerprint density at radius 3 is 2.60 bits per heavy atom. The Balaban J connectivity index is 2.18. The molecule has 0 aliphatic heterocycles. The number of benzene rings is 2. The fourth-order valence-corrected chi connectivity index (χ4v) is 2.20. The quantitative estimate of drug-likeness (QED) is 0.679. The van der Waals surface area contributed by atoms with E-state index in [0.29, 0.717) is 16.9 Å². The maximum atomic E-state index is 12.6. The Labute approximate surface area is 116 Å². The van der Waals surface area contributed by atoms with E-state index in [0.717, 1.165) is 10.9 Å². The molecular weight excluding hydrogens is 250 g/mol. The first-order chi connectivity index (χ1) is 9.79. The highest BCUT2D eigenvalue weighted by molar-refractivity contribution is 6.16. The number of pyridine rings is 1. The summed E-state index contributed by atoms with van der Waals surface area (Å²) in [6, 6.07) is 16.5. The van der Waals surface area contributed by atoms with Crippen molar-refractivity contribution in [3.05, 3.63) is 71.9 Å². The first kappa shape index (κ1) is 12.4. The number of carbonyl (C=O) groups is 1. The molecule has 0 aliphatic carbocycles. The van der Waals surface area contributed by atoms with Gasteiger partial charge in [0.2, 0.25) is 0 Å². The molecule has 3 rings (SSSR count). The predicted octanol–water partition coefficient (Wildman–Crippen LogP) is 3.47. The highest BCUT2D eigenvalue weighted by Gasteiger charge is 2.13. The molecule has 3 heteroatoms. The topological polar surface area (TPSA) is 39.2 Å². The first-order valence-corrected chi connectivity index (χ1v) is 6.32. The van der Waals surface area contributed by atoms with Crippen LogP contribution < -0.4 is 4.74 Å². The lowest BCUT2D eigenvalue weighted by atomic mass is 10.00. The second kappa shape index (κ2) is 5.13.